The summed E-state index contributed by atoms with van der Waals surface area (Å²) in [5.41, 5.74) is 2.90. The molecule has 0 aromatic carbocycles. The summed E-state index contributed by atoms with van der Waals surface area (Å²) in [6.45, 7) is 5.55. The van der Waals surface area contributed by atoms with E-state index in [1.165, 1.54) is 0 Å². The van der Waals surface area contributed by atoms with Crippen molar-refractivity contribution in [1.29, 1.82) is 0 Å². The van der Waals surface area contributed by atoms with Crippen molar-refractivity contribution in [3.63, 3.8) is 0 Å². The van der Waals surface area contributed by atoms with Gasteiger partial charge < -0.3 is 10.2 Å². The quantitative estimate of drug-likeness (QED) is 0.562. The van der Waals surface area contributed by atoms with Crippen molar-refractivity contribution in [1.82, 2.24) is 20.7 Å². The van der Waals surface area contributed by atoms with Crippen LogP contribution in [0.2, 0.25) is 0 Å². The molecule has 2 N–H and O–H groups in total. The average Bonchev–Trinajstić information content (AvgIpc) is 2.02. The van der Waals surface area contributed by atoms with E-state index < -0.39 is 0 Å². The van der Waals surface area contributed by atoms with Crippen molar-refractivity contribution in [2.24, 2.45) is 0 Å². The maximum absolute atomic E-state index is 11.4. The number of piperazine rings is 1. The van der Waals surface area contributed by atoms with E-state index in [9.17, 15) is 4.79 Å². The van der Waals surface area contributed by atoms with Crippen LogP contribution >= 0.6 is 0 Å². The summed E-state index contributed by atoms with van der Waals surface area (Å²) in [6.07, 6.45) is 1.15. The second-order valence-corrected chi connectivity index (χ2v) is 3.49. The van der Waals surface area contributed by atoms with Crippen molar-refractivity contribution in [3.8, 4) is 0 Å². The number of nitrogens with one attached hydrogen (secondary N) is 2. The molecule has 2 fully saturated rings. The Labute approximate surface area is 78.0 Å². The zero-order chi connectivity index (χ0) is 9.10. The second kappa shape index (κ2) is 3.93. The number of nitrogens with zero attached hydrogens (tertiary/aromatic N) is 2. The summed E-state index contributed by atoms with van der Waals surface area (Å²) in [7, 11) is 0. The largest absolute Gasteiger partial charge is 0.331 e. The van der Waals surface area contributed by atoms with Crippen molar-refractivity contribution >= 4 is 6.03 Å². The third-order valence-electron chi connectivity index (χ3n) is 2.51. The Morgan fingerprint density at radius 3 is 2.38 bits per heavy atom. The predicted octanol–water partition coefficient (Wildman–Crippen LogP) is -0.778. The van der Waals surface area contributed by atoms with Gasteiger partial charge in [0.15, 0.2) is 0 Å². The van der Waals surface area contributed by atoms with Crippen molar-refractivity contribution < 1.29 is 4.79 Å². The molecule has 2 saturated heterocycles. The van der Waals surface area contributed by atoms with E-state index in [0.29, 0.717) is 0 Å². The molecule has 2 heterocycles. The minimum Gasteiger partial charge on any atom is -0.324 e. The zero-order valence-electron chi connectivity index (χ0n) is 7.75. The molecular weight excluding hydrogens is 168 g/mol. The van der Waals surface area contributed by atoms with Crippen LogP contribution in [0.25, 0.3) is 0 Å². The van der Waals surface area contributed by atoms with Gasteiger partial charge in [0, 0.05) is 39.3 Å². The number of carbonyl (C=O) groups excluding carboxylic acids is 1. The highest BCUT2D eigenvalue weighted by Crippen LogP contribution is 2.05. The van der Waals surface area contributed by atoms with Crippen LogP contribution in [-0.4, -0.2) is 55.2 Å². The van der Waals surface area contributed by atoms with Gasteiger partial charge in [-0.2, -0.15) is 0 Å². The van der Waals surface area contributed by atoms with Gasteiger partial charge in [-0.05, 0) is 6.42 Å². The molecule has 2 rings (SSSR count). The van der Waals surface area contributed by atoms with E-state index in [4.69, 9.17) is 0 Å². The Morgan fingerprint density at radius 2 is 1.85 bits per heavy atom. The van der Waals surface area contributed by atoms with Gasteiger partial charge >= 0.3 is 6.03 Å². The first-order valence-corrected chi connectivity index (χ1v) is 4.87. The molecule has 0 unspecified atom stereocenters. The number of hydrazine groups is 1. The molecule has 0 bridgehead atoms. The third-order valence-corrected chi connectivity index (χ3v) is 2.51. The fourth-order valence-corrected chi connectivity index (χ4v) is 1.50. The summed E-state index contributed by atoms with van der Waals surface area (Å²) >= 11 is 0. The molecular formula is C8H16N4O. The SMILES string of the molecule is O=C(NN1CCNCC1)N1CCC1. The lowest BCUT2D eigenvalue weighted by molar-refractivity contribution is 0.118. The molecule has 2 aliphatic rings. The van der Waals surface area contributed by atoms with Gasteiger partial charge in [0.25, 0.3) is 0 Å². The average molecular weight is 184 g/mol. The van der Waals surface area contributed by atoms with E-state index in [1.54, 1.807) is 0 Å². The van der Waals surface area contributed by atoms with Gasteiger partial charge in [-0.1, -0.05) is 0 Å². The third kappa shape index (κ3) is 2.10. The number of amides is 2. The molecule has 5 heteroatoms. The fraction of sp³-hybridized carbons (Fsp3) is 0.875. The van der Waals surface area contributed by atoms with Crippen molar-refractivity contribution in [2.45, 2.75) is 6.42 Å². The maximum Gasteiger partial charge on any atom is 0.331 e. The summed E-state index contributed by atoms with van der Waals surface area (Å²) in [4.78, 5) is 13.3. The predicted molar refractivity (Wildman–Crippen MR) is 49.2 cm³/mol. The highest BCUT2D eigenvalue weighted by atomic mass is 16.2. The number of likely N-dealkylation sites (tertiary alicyclic amines) is 1. The molecule has 0 radical (unpaired) electrons. The van der Waals surface area contributed by atoms with Crippen LogP contribution in [0, 0.1) is 0 Å². The Morgan fingerprint density at radius 1 is 1.15 bits per heavy atom. The monoisotopic (exact) mass is 184 g/mol. The summed E-state index contributed by atoms with van der Waals surface area (Å²) in [5, 5.41) is 5.22. The fourth-order valence-electron chi connectivity index (χ4n) is 1.50. The number of carbonyl (C=O) groups is 1. The standard InChI is InChI=1S/C8H16N4O/c13-8(11-4-1-5-11)10-12-6-2-9-3-7-12/h9H,1-7H2,(H,10,13). The molecule has 0 spiro atoms. The highest BCUT2D eigenvalue weighted by Gasteiger charge is 2.22. The summed E-state index contributed by atoms with van der Waals surface area (Å²) < 4.78 is 0. The molecule has 74 valence electrons. The molecule has 2 aliphatic heterocycles. The van der Waals surface area contributed by atoms with E-state index in [0.717, 1.165) is 45.7 Å². The van der Waals surface area contributed by atoms with E-state index in [2.05, 4.69) is 10.7 Å². The van der Waals surface area contributed by atoms with Gasteiger partial charge in [-0.25, -0.2) is 9.80 Å². The Kier molecular flexibility index (Phi) is 2.65. The van der Waals surface area contributed by atoms with Crippen molar-refractivity contribution in [3.05, 3.63) is 0 Å². The van der Waals surface area contributed by atoms with E-state index >= 15 is 0 Å². The first-order chi connectivity index (χ1) is 6.36. The molecule has 0 atom stereocenters. The number of rotatable bonds is 1. The second-order valence-electron chi connectivity index (χ2n) is 3.49. The minimum absolute atomic E-state index is 0.0631. The van der Waals surface area contributed by atoms with Crippen molar-refractivity contribution in [2.75, 3.05) is 39.3 Å². The lowest BCUT2D eigenvalue weighted by Crippen LogP contribution is -2.57. The molecule has 2 amide bonds. The van der Waals surface area contributed by atoms with Crippen LogP contribution in [0.1, 0.15) is 6.42 Å². The number of hydrogen-bond acceptors (Lipinski definition) is 3. The zero-order valence-corrected chi connectivity index (χ0v) is 7.75. The van der Waals surface area contributed by atoms with Gasteiger partial charge in [0.05, 0.1) is 0 Å². The lowest BCUT2D eigenvalue weighted by atomic mass is 10.2. The van der Waals surface area contributed by atoms with Crippen LogP contribution in [0.5, 0.6) is 0 Å². The number of hydrogen-bond donors (Lipinski definition) is 2. The smallest absolute Gasteiger partial charge is 0.324 e. The Bertz CT molecular complexity index is 187. The molecule has 0 aromatic heterocycles. The van der Waals surface area contributed by atoms with Crippen LogP contribution < -0.4 is 10.7 Å². The summed E-state index contributed by atoms with van der Waals surface area (Å²) in [5.74, 6) is 0. The maximum atomic E-state index is 11.4. The van der Waals surface area contributed by atoms with Gasteiger partial charge in [0.1, 0.15) is 0 Å². The normalized spacial score (nSPS) is 23.8. The van der Waals surface area contributed by atoms with Crippen LogP contribution in [-0.2, 0) is 0 Å². The minimum atomic E-state index is 0.0631. The first-order valence-electron chi connectivity index (χ1n) is 4.87. The Balaban J connectivity index is 1.72. The van der Waals surface area contributed by atoms with Gasteiger partial charge in [-0.3, -0.25) is 5.43 Å². The number of urea groups is 1. The molecule has 0 aliphatic carbocycles. The topological polar surface area (TPSA) is 47.6 Å². The molecule has 5 nitrogen and oxygen atoms in total. The highest BCUT2D eigenvalue weighted by molar-refractivity contribution is 5.74. The van der Waals surface area contributed by atoms with E-state index in [-0.39, 0.29) is 6.03 Å². The van der Waals surface area contributed by atoms with E-state index in [1.807, 2.05) is 9.91 Å². The first kappa shape index (κ1) is 8.77. The van der Waals surface area contributed by atoms with Gasteiger partial charge in [0.2, 0.25) is 0 Å². The summed E-state index contributed by atoms with van der Waals surface area (Å²) in [6, 6.07) is 0.0631. The Hall–Kier alpha value is -0.810. The molecule has 0 saturated carbocycles. The molecule has 13 heavy (non-hydrogen) atoms. The van der Waals surface area contributed by atoms with Crippen LogP contribution in [0.3, 0.4) is 0 Å². The van der Waals surface area contributed by atoms with Crippen LogP contribution in [0.4, 0.5) is 4.79 Å². The van der Waals surface area contributed by atoms with Gasteiger partial charge in [-0.15, -0.1) is 0 Å². The lowest BCUT2D eigenvalue weighted by Gasteiger charge is -2.35. The molecule has 0 aromatic rings. The van der Waals surface area contributed by atoms with Crippen LogP contribution in [0.15, 0.2) is 0 Å².